The predicted octanol–water partition coefficient (Wildman–Crippen LogP) is 2.03. The molecule has 3 aromatic rings. The maximum absolute atomic E-state index is 12.7. The van der Waals surface area contributed by atoms with Gasteiger partial charge in [-0.15, -0.1) is 12.4 Å². The minimum absolute atomic E-state index is 0. The SMILES string of the molecule is CN(C)CCCNC(=O)c1cccc2c1nc1ccc([N+](=O)[O-])cc1[n+]2[O-].Cl. The van der Waals surface area contributed by atoms with Crippen LogP contribution in [0.4, 0.5) is 5.69 Å². The molecule has 9 nitrogen and oxygen atoms in total. The highest BCUT2D eigenvalue weighted by molar-refractivity contribution is 6.05. The number of benzene rings is 2. The van der Waals surface area contributed by atoms with Crippen molar-refractivity contribution >= 4 is 46.1 Å². The number of nitrogens with zero attached hydrogens (tertiary/aromatic N) is 4. The molecule has 0 saturated carbocycles. The molecule has 10 heteroatoms. The normalized spacial score (nSPS) is 10.8. The van der Waals surface area contributed by atoms with Crippen LogP contribution in [0.5, 0.6) is 0 Å². The van der Waals surface area contributed by atoms with Crippen LogP contribution in [0.15, 0.2) is 36.4 Å². The predicted molar refractivity (Wildman–Crippen MR) is 108 cm³/mol. The molecule has 0 aliphatic rings. The van der Waals surface area contributed by atoms with Gasteiger partial charge in [0, 0.05) is 18.7 Å². The summed E-state index contributed by atoms with van der Waals surface area (Å²) in [6, 6.07) is 8.61. The van der Waals surface area contributed by atoms with Gasteiger partial charge in [-0.05, 0) is 39.2 Å². The minimum Gasteiger partial charge on any atom is -0.618 e. The minimum atomic E-state index is -0.568. The van der Waals surface area contributed by atoms with E-state index >= 15 is 0 Å². The Bertz CT molecular complexity index is 1040. The monoisotopic (exact) mass is 405 g/mol. The first-order valence-electron chi connectivity index (χ1n) is 8.42. The van der Waals surface area contributed by atoms with E-state index in [4.69, 9.17) is 0 Å². The molecule has 2 aromatic carbocycles. The van der Waals surface area contributed by atoms with Crippen LogP contribution in [-0.2, 0) is 0 Å². The van der Waals surface area contributed by atoms with Crippen LogP contribution in [0.2, 0.25) is 0 Å². The standard InChI is InChI=1S/C18H19N5O4.ClH/c1-21(2)10-4-9-19-18(24)13-5-3-6-15-17(13)20-14-8-7-12(23(26)27)11-16(14)22(15)25;/h3,5-8,11H,4,9-10H2,1-2H3,(H,19,24);1H. The van der Waals surface area contributed by atoms with Gasteiger partial charge in [-0.3, -0.25) is 14.9 Å². The molecule has 1 heterocycles. The summed E-state index contributed by atoms with van der Waals surface area (Å²) < 4.78 is 0.577. The van der Waals surface area contributed by atoms with Gasteiger partial charge in [0.1, 0.15) is 11.0 Å². The highest BCUT2D eigenvalue weighted by atomic mass is 35.5. The van der Waals surface area contributed by atoms with Gasteiger partial charge < -0.3 is 15.4 Å². The second-order valence-electron chi connectivity index (χ2n) is 6.42. The summed E-state index contributed by atoms with van der Waals surface area (Å²) in [6.45, 7) is 1.35. The van der Waals surface area contributed by atoms with Crippen LogP contribution >= 0.6 is 12.4 Å². The fourth-order valence-corrected chi connectivity index (χ4v) is 2.82. The van der Waals surface area contributed by atoms with E-state index in [0.717, 1.165) is 13.0 Å². The van der Waals surface area contributed by atoms with E-state index in [1.165, 1.54) is 24.3 Å². The lowest BCUT2D eigenvalue weighted by atomic mass is 10.1. The summed E-state index contributed by atoms with van der Waals surface area (Å²) in [5, 5.41) is 26.5. The first-order chi connectivity index (χ1) is 12.9. The Labute approximate surface area is 167 Å². The van der Waals surface area contributed by atoms with Crippen molar-refractivity contribution in [1.82, 2.24) is 15.2 Å². The van der Waals surface area contributed by atoms with Gasteiger partial charge in [-0.1, -0.05) is 6.07 Å². The number of carbonyl (C=O) groups excluding carboxylic acids is 1. The molecule has 3 rings (SSSR count). The molecule has 1 amide bonds. The fraction of sp³-hybridized carbons (Fsp3) is 0.278. The Kier molecular flexibility index (Phi) is 6.66. The number of hydrogen-bond acceptors (Lipinski definition) is 6. The van der Waals surface area contributed by atoms with Crippen molar-refractivity contribution in [1.29, 1.82) is 0 Å². The third kappa shape index (κ3) is 4.26. The number of nitro benzene ring substituents is 1. The molecule has 0 bridgehead atoms. The van der Waals surface area contributed by atoms with Gasteiger partial charge in [0.15, 0.2) is 0 Å². The third-order valence-corrected chi connectivity index (χ3v) is 4.17. The van der Waals surface area contributed by atoms with Gasteiger partial charge in [-0.2, -0.15) is 4.73 Å². The fourth-order valence-electron chi connectivity index (χ4n) is 2.82. The maximum Gasteiger partial charge on any atom is 0.276 e. The zero-order valence-corrected chi connectivity index (χ0v) is 16.2. The lowest BCUT2D eigenvalue weighted by Gasteiger charge is -2.11. The van der Waals surface area contributed by atoms with E-state index in [1.807, 2.05) is 19.0 Å². The number of non-ortho nitro benzene ring substituents is 1. The first-order valence-corrected chi connectivity index (χ1v) is 8.42. The number of rotatable bonds is 6. The Morgan fingerprint density at radius 2 is 2.00 bits per heavy atom. The first kappa shape index (κ1) is 21.3. The van der Waals surface area contributed by atoms with Gasteiger partial charge >= 0.3 is 0 Å². The van der Waals surface area contributed by atoms with E-state index in [-0.39, 0.29) is 46.1 Å². The van der Waals surface area contributed by atoms with Crippen LogP contribution in [0.3, 0.4) is 0 Å². The second kappa shape index (κ2) is 8.77. The molecule has 0 aliphatic heterocycles. The molecular formula is C18H20ClN5O4. The molecule has 0 fully saturated rings. The zero-order chi connectivity index (χ0) is 19.6. The van der Waals surface area contributed by atoms with Crippen LogP contribution in [0.25, 0.3) is 22.1 Å². The van der Waals surface area contributed by atoms with E-state index in [9.17, 15) is 20.1 Å². The number of halogens is 1. The highest BCUT2D eigenvalue weighted by Gasteiger charge is 2.20. The van der Waals surface area contributed by atoms with Crippen molar-refractivity contribution in [2.75, 3.05) is 27.2 Å². The summed E-state index contributed by atoms with van der Waals surface area (Å²) in [6.07, 6.45) is 0.797. The number of aromatic nitrogens is 2. The van der Waals surface area contributed by atoms with Crippen LogP contribution in [0.1, 0.15) is 16.8 Å². The van der Waals surface area contributed by atoms with Crippen LogP contribution < -0.4 is 10.0 Å². The van der Waals surface area contributed by atoms with Crippen molar-refractivity contribution in [3.8, 4) is 0 Å². The Balaban J connectivity index is 0.00000280. The average Bonchev–Trinajstić information content (AvgIpc) is 2.64. The third-order valence-electron chi connectivity index (χ3n) is 4.17. The summed E-state index contributed by atoms with van der Waals surface area (Å²) in [5.74, 6) is -0.312. The van der Waals surface area contributed by atoms with Crippen molar-refractivity contribution in [2.24, 2.45) is 0 Å². The Morgan fingerprint density at radius 3 is 2.68 bits per heavy atom. The molecule has 0 radical (unpaired) electrons. The average molecular weight is 406 g/mol. The molecule has 28 heavy (non-hydrogen) atoms. The molecule has 148 valence electrons. The number of nitrogens with one attached hydrogen (secondary N) is 1. The van der Waals surface area contributed by atoms with E-state index in [0.29, 0.717) is 16.8 Å². The van der Waals surface area contributed by atoms with Gasteiger partial charge in [0.2, 0.25) is 11.0 Å². The second-order valence-corrected chi connectivity index (χ2v) is 6.42. The van der Waals surface area contributed by atoms with E-state index in [1.54, 1.807) is 12.1 Å². The highest BCUT2D eigenvalue weighted by Crippen LogP contribution is 2.21. The topological polar surface area (TPSA) is 115 Å². The van der Waals surface area contributed by atoms with Crippen LogP contribution in [0, 0.1) is 15.3 Å². The lowest BCUT2D eigenvalue weighted by Crippen LogP contribution is -2.31. The molecule has 0 spiro atoms. The van der Waals surface area contributed by atoms with Gasteiger partial charge in [0.05, 0.1) is 16.6 Å². The van der Waals surface area contributed by atoms with E-state index in [2.05, 4.69) is 10.3 Å². The largest absolute Gasteiger partial charge is 0.618 e. The molecular weight excluding hydrogens is 386 g/mol. The molecule has 0 atom stereocenters. The number of carbonyl (C=O) groups is 1. The Hall–Kier alpha value is -3.04. The molecule has 0 aliphatic carbocycles. The van der Waals surface area contributed by atoms with Gasteiger partial charge in [0.25, 0.3) is 11.6 Å². The summed E-state index contributed by atoms with van der Waals surface area (Å²) in [7, 11) is 3.91. The Morgan fingerprint density at radius 1 is 1.25 bits per heavy atom. The van der Waals surface area contributed by atoms with Crippen molar-refractivity contribution in [3.05, 3.63) is 57.3 Å². The van der Waals surface area contributed by atoms with Gasteiger partial charge in [-0.25, -0.2) is 4.98 Å². The molecule has 0 saturated heterocycles. The van der Waals surface area contributed by atoms with Crippen molar-refractivity contribution < 1.29 is 14.4 Å². The zero-order valence-electron chi connectivity index (χ0n) is 15.4. The molecule has 0 unspecified atom stereocenters. The number of nitro groups is 1. The summed E-state index contributed by atoms with van der Waals surface area (Å²) in [4.78, 5) is 29.3. The van der Waals surface area contributed by atoms with Crippen molar-refractivity contribution in [3.63, 3.8) is 0 Å². The van der Waals surface area contributed by atoms with Crippen molar-refractivity contribution in [2.45, 2.75) is 6.42 Å². The lowest BCUT2D eigenvalue weighted by molar-refractivity contribution is -0.548. The maximum atomic E-state index is 12.7. The quantitative estimate of drug-likeness (QED) is 0.167. The van der Waals surface area contributed by atoms with Crippen LogP contribution in [-0.4, -0.2) is 47.9 Å². The number of amides is 1. The molecule has 1 N–H and O–H groups in total. The number of fused-ring (bicyclic) bond motifs is 2. The smallest absolute Gasteiger partial charge is 0.276 e. The molecule has 1 aromatic heterocycles. The summed E-state index contributed by atoms with van der Waals surface area (Å²) >= 11 is 0. The number of para-hydroxylation sites is 1. The van der Waals surface area contributed by atoms with E-state index < -0.39 is 4.92 Å². The number of hydrogen-bond donors (Lipinski definition) is 1. The summed E-state index contributed by atoms with van der Waals surface area (Å²) in [5.41, 5.74) is 0.921.